The number of carbonyl (C=O) groups excluding carboxylic acids is 2. The average Bonchev–Trinajstić information content (AvgIpc) is 2.94. The van der Waals surface area contributed by atoms with E-state index in [1.54, 1.807) is 12.1 Å². The zero-order valence-corrected chi connectivity index (χ0v) is 16.3. The first-order chi connectivity index (χ1) is 13.2. The Hall–Kier alpha value is -2.35. The van der Waals surface area contributed by atoms with Crippen LogP contribution in [0.2, 0.25) is 0 Å². The number of anilines is 1. The number of amides is 2. The van der Waals surface area contributed by atoms with Gasteiger partial charge in [0, 0.05) is 5.54 Å². The first-order valence-electron chi connectivity index (χ1n) is 9.66. The van der Waals surface area contributed by atoms with Crippen LogP contribution in [-0.2, 0) is 9.47 Å². The number of hydrogen-bond donors (Lipinski definition) is 2. The number of piperidine rings is 1. The number of rotatable bonds is 4. The SMILES string of the molecule is CC(C)(C)NC(=O)OC[C@@H]1CN(c2ccc(C3[C@H]4CNC[C@@H]34)c(F)c2)C(=O)O1. The van der Waals surface area contributed by atoms with E-state index in [0.29, 0.717) is 17.5 Å². The van der Waals surface area contributed by atoms with E-state index in [1.807, 2.05) is 20.8 Å². The van der Waals surface area contributed by atoms with Crippen LogP contribution in [0.15, 0.2) is 18.2 Å². The monoisotopic (exact) mass is 391 g/mol. The summed E-state index contributed by atoms with van der Waals surface area (Å²) in [6, 6.07) is 4.94. The summed E-state index contributed by atoms with van der Waals surface area (Å²) in [7, 11) is 0. The number of hydrogen-bond acceptors (Lipinski definition) is 5. The molecule has 2 saturated heterocycles. The molecule has 1 unspecified atom stereocenters. The molecule has 7 nitrogen and oxygen atoms in total. The minimum absolute atomic E-state index is 0.0524. The third kappa shape index (κ3) is 3.78. The van der Waals surface area contributed by atoms with Gasteiger partial charge in [0.15, 0.2) is 6.10 Å². The van der Waals surface area contributed by atoms with Gasteiger partial charge < -0.3 is 20.1 Å². The standard InChI is InChI=1S/C20H26FN3O4/c1-20(2,3)23-18(25)27-10-12-9-24(19(26)28-12)11-4-5-13(16(21)6-11)17-14-7-22-8-15(14)17/h4-6,12,14-15,17,22H,7-10H2,1-3H3,(H,23,25)/t12-,14-,15+,17?/m0/s1. The summed E-state index contributed by atoms with van der Waals surface area (Å²) in [4.78, 5) is 25.3. The lowest BCUT2D eigenvalue weighted by Gasteiger charge is -2.20. The second-order valence-corrected chi connectivity index (χ2v) is 8.81. The van der Waals surface area contributed by atoms with Crippen LogP contribution in [0.5, 0.6) is 0 Å². The number of halogens is 1. The summed E-state index contributed by atoms with van der Waals surface area (Å²) in [5.41, 5.74) is 0.772. The zero-order chi connectivity index (χ0) is 20.1. The number of nitrogens with zero attached hydrogens (tertiary/aromatic N) is 1. The molecular formula is C20H26FN3O4. The summed E-state index contributed by atoms with van der Waals surface area (Å²) >= 11 is 0. The molecule has 0 radical (unpaired) electrons. The van der Waals surface area contributed by atoms with E-state index in [2.05, 4.69) is 10.6 Å². The van der Waals surface area contributed by atoms with Crippen LogP contribution in [0.3, 0.4) is 0 Å². The molecule has 8 heteroatoms. The Bertz CT molecular complexity index is 784. The molecule has 2 heterocycles. The van der Waals surface area contributed by atoms with Gasteiger partial charge in [-0.15, -0.1) is 0 Å². The van der Waals surface area contributed by atoms with Gasteiger partial charge in [0.2, 0.25) is 0 Å². The van der Waals surface area contributed by atoms with Crippen molar-refractivity contribution in [2.24, 2.45) is 11.8 Å². The van der Waals surface area contributed by atoms with Crippen molar-refractivity contribution in [2.45, 2.75) is 38.3 Å². The van der Waals surface area contributed by atoms with E-state index >= 15 is 0 Å². The van der Waals surface area contributed by atoms with E-state index in [-0.39, 0.29) is 24.9 Å². The summed E-state index contributed by atoms with van der Waals surface area (Å²) in [5, 5.41) is 5.98. The fraction of sp³-hybridized carbons (Fsp3) is 0.600. The molecule has 1 saturated carbocycles. The van der Waals surface area contributed by atoms with Crippen molar-refractivity contribution in [2.75, 3.05) is 31.1 Å². The molecule has 28 heavy (non-hydrogen) atoms. The van der Waals surface area contributed by atoms with Gasteiger partial charge in [-0.3, -0.25) is 4.90 Å². The van der Waals surface area contributed by atoms with Crippen molar-refractivity contribution in [3.63, 3.8) is 0 Å². The number of nitrogens with one attached hydrogen (secondary N) is 2. The highest BCUT2D eigenvalue weighted by Gasteiger charge is 2.54. The molecule has 2 N–H and O–H groups in total. The van der Waals surface area contributed by atoms with Crippen molar-refractivity contribution >= 4 is 17.9 Å². The van der Waals surface area contributed by atoms with E-state index in [4.69, 9.17) is 9.47 Å². The van der Waals surface area contributed by atoms with Crippen LogP contribution in [0.25, 0.3) is 0 Å². The maximum Gasteiger partial charge on any atom is 0.414 e. The quantitative estimate of drug-likeness (QED) is 0.825. The molecule has 2 aliphatic heterocycles. The normalized spacial score (nSPS) is 28.7. The van der Waals surface area contributed by atoms with Gasteiger partial charge in [0.25, 0.3) is 0 Å². The Balaban J connectivity index is 1.35. The average molecular weight is 391 g/mol. The molecule has 152 valence electrons. The van der Waals surface area contributed by atoms with E-state index < -0.39 is 23.8 Å². The van der Waals surface area contributed by atoms with E-state index in [9.17, 15) is 14.0 Å². The number of carbonyl (C=O) groups is 2. The van der Waals surface area contributed by atoms with Gasteiger partial charge in [0.05, 0.1) is 12.2 Å². The van der Waals surface area contributed by atoms with Crippen LogP contribution in [-0.4, -0.2) is 50.1 Å². The maximum absolute atomic E-state index is 14.7. The fourth-order valence-electron chi connectivity index (χ4n) is 4.16. The van der Waals surface area contributed by atoms with Crippen molar-refractivity contribution in [1.82, 2.24) is 10.6 Å². The molecule has 2 amide bonds. The molecular weight excluding hydrogens is 365 g/mol. The number of alkyl carbamates (subject to hydrolysis) is 1. The smallest absolute Gasteiger partial charge is 0.414 e. The zero-order valence-electron chi connectivity index (χ0n) is 16.3. The topological polar surface area (TPSA) is 79.9 Å². The molecule has 0 aromatic heterocycles. The highest BCUT2D eigenvalue weighted by Crippen LogP contribution is 2.56. The lowest BCUT2D eigenvalue weighted by Crippen LogP contribution is -2.42. The molecule has 1 aliphatic carbocycles. The number of cyclic esters (lactones) is 1. The Labute approximate surface area is 163 Å². The lowest BCUT2D eigenvalue weighted by atomic mass is 10.1. The van der Waals surface area contributed by atoms with Crippen molar-refractivity contribution in [1.29, 1.82) is 0 Å². The third-order valence-corrected chi connectivity index (χ3v) is 5.50. The van der Waals surface area contributed by atoms with Crippen LogP contribution < -0.4 is 15.5 Å². The van der Waals surface area contributed by atoms with E-state index in [1.165, 1.54) is 11.0 Å². The lowest BCUT2D eigenvalue weighted by molar-refractivity contribution is 0.0705. The largest absolute Gasteiger partial charge is 0.446 e. The van der Waals surface area contributed by atoms with Crippen LogP contribution in [0, 0.1) is 17.7 Å². The minimum Gasteiger partial charge on any atom is -0.446 e. The molecule has 1 aromatic rings. The van der Waals surface area contributed by atoms with Gasteiger partial charge in [-0.25, -0.2) is 14.0 Å². The Morgan fingerprint density at radius 1 is 1.36 bits per heavy atom. The summed E-state index contributed by atoms with van der Waals surface area (Å²) in [6.45, 7) is 7.57. The third-order valence-electron chi connectivity index (χ3n) is 5.50. The Kier molecular flexibility index (Phi) is 4.69. The number of ether oxygens (including phenoxy) is 2. The second kappa shape index (κ2) is 6.92. The van der Waals surface area contributed by atoms with Crippen LogP contribution in [0.1, 0.15) is 32.3 Å². The van der Waals surface area contributed by atoms with Crippen LogP contribution >= 0.6 is 0 Å². The van der Waals surface area contributed by atoms with Crippen molar-refractivity contribution < 1.29 is 23.5 Å². The van der Waals surface area contributed by atoms with Crippen molar-refractivity contribution in [3.05, 3.63) is 29.6 Å². The summed E-state index contributed by atoms with van der Waals surface area (Å²) in [5.74, 6) is 1.05. The molecule has 0 bridgehead atoms. The summed E-state index contributed by atoms with van der Waals surface area (Å²) in [6.07, 6.45) is -1.72. The maximum atomic E-state index is 14.7. The molecule has 3 aliphatic rings. The highest BCUT2D eigenvalue weighted by molar-refractivity contribution is 5.89. The number of benzene rings is 1. The van der Waals surface area contributed by atoms with Crippen molar-refractivity contribution in [3.8, 4) is 0 Å². The highest BCUT2D eigenvalue weighted by atomic mass is 19.1. The number of fused-ring (bicyclic) bond motifs is 1. The molecule has 0 spiro atoms. The van der Waals surface area contributed by atoms with Gasteiger partial charge in [-0.05, 0) is 69.3 Å². The Morgan fingerprint density at radius 2 is 2.07 bits per heavy atom. The second-order valence-electron chi connectivity index (χ2n) is 8.81. The molecule has 4 atom stereocenters. The Morgan fingerprint density at radius 3 is 2.71 bits per heavy atom. The fourth-order valence-corrected chi connectivity index (χ4v) is 4.16. The molecule has 1 aromatic carbocycles. The van der Waals surface area contributed by atoms with Gasteiger partial charge in [-0.2, -0.15) is 0 Å². The summed E-state index contributed by atoms with van der Waals surface area (Å²) < 4.78 is 25.0. The first-order valence-corrected chi connectivity index (χ1v) is 9.66. The predicted octanol–water partition coefficient (Wildman–Crippen LogP) is 2.61. The van der Waals surface area contributed by atoms with Gasteiger partial charge in [-0.1, -0.05) is 6.07 Å². The van der Waals surface area contributed by atoms with E-state index in [0.717, 1.165) is 18.7 Å². The van der Waals surface area contributed by atoms with Crippen LogP contribution in [0.4, 0.5) is 19.7 Å². The predicted molar refractivity (Wildman–Crippen MR) is 101 cm³/mol. The molecule has 4 rings (SSSR count). The van der Waals surface area contributed by atoms with Gasteiger partial charge >= 0.3 is 12.2 Å². The first kappa shape index (κ1) is 19.0. The van der Waals surface area contributed by atoms with Gasteiger partial charge in [0.1, 0.15) is 12.4 Å². The minimum atomic E-state index is -0.588. The molecule has 3 fully saturated rings.